The number of aliphatic hydroxyl groups excluding tert-OH is 2. The SMILES string of the molecule is CC1(C)OB(c2cccc(C(O)C(O)CC(=O)O)c2)OC1(C)C. The van der Waals surface area contributed by atoms with Crippen LogP contribution in [-0.2, 0) is 14.1 Å². The third-order valence-corrected chi connectivity index (χ3v) is 4.53. The Hall–Kier alpha value is -1.41. The lowest BCUT2D eigenvalue weighted by atomic mass is 9.78. The molecule has 126 valence electrons. The molecular formula is C16H23BO6. The van der Waals surface area contributed by atoms with E-state index in [4.69, 9.17) is 14.4 Å². The highest BCUT2D eigenvalue weighted by Crippen LogP contribution is 2.36. The maximum Gasteiger partial charge on any atom is 0.494 e. The van der Waals surface area contributed by atoms with Crippen LogP contribution < -0.4 is 5.46 Å². The number of carboxylic acids is 1. The minimum atomic E-state index is -1.37. The van der Waals surface area contributed by atoms with E-state index in [0.29, 0.717) is 11.0 Å². The second-order valence-corrected chi connectivity index (χ2v) is 6.87. The lowest BCUT2D eigenvalue weighted by Crippen LogP contribution is -2.41. The largest absolute Gasteiger partial charge is 0.494 e. The van der Waals surface area contributed by atoms with Gasteiger partial charge in [-0.3, -0.25) is 4.79 Å². The average molecular weight is 322 g/mol. The van der Waals surface area contributed by atoms with Crippen LogP contribution in [0.5, 0.6) is 0 Å². The molecule has 1 aliphatic heterocycles. The van der Waals surface area contributed by atoms with E-state index in [1.54, 1.807) is 18.2 Å². The van der Waals surface area contributed by atoms with Crippen molar-refractivity contribution in [2.45, 2.75) is 57.5 Å². The predicted octanol–water partition coefficient (Wildman–Crippen LogP) is 0.855. The van der Waals surface area contributed by atoms with Crippen LogP contribution in [0.25, 0.3) is 0 Å². The summed E-state index contributed by atoms with van der Waals surface area (Å²) in [5.74, 6) is -1.17. The van der Waals surface area contributed by atoms with Gasteiger partial charge < -0.3 is 24.6 Å². The van der Waals surface area contributed by atoms with Crippen LogP contribution in [-0.4, -0.2) is 45.7 Å². The molecule has 7 heteroatoms. The van der Waals surface area contributed by atoms with Crippen LogP contribution in [0.15, 0.2) is 24.3 Å². The van der Waals surface area contributed by atoms with Crippen LogP contribution in [0.4, 0.5) is 0 Å². The molecule has 1 aromatic rings. The maximum atomic E-state index is 10.7. The number of rotatable bonds is 5. The minimum absolute atomic E-state index is 0.422. The summed E-state index contributed by atoms with van der Waals surface area (Å²) >= 11 is 0. The van der Waals surface area contributed by atoms with Crippen LogP contribution in [0.1, 0.15) is 45.8 Å². The molecule has 0 saturated carbocycles. The van der Waals surface area contributed by atoms with E-state index in [9.17, 15) is 15.0 Å². The summed E-state index contributed by atoms with van der Waals surface area (Å²) in [5.41, 5.74) is 0.179. The highest BCUT2D eigenvalue weighted by molar-refractivity contribution is 6.62. The maximum absolute atomic E-state index is 10.7. The zero-order valence-corrected chi connectivity index (χ0v) is 13.8. The van der Waals surface area contributed by atoms with Crippen LogP contribution in [0, 0.1) is 0 Å². The van der Waals surface area contributed by atoms with Crippen molar-refractivity contribution in [1.29, 1.82) is 0 Å². The molecule has 2 atom stereocenters. The monoisotopic (exact) mass is 322 g/mol. The number of hydrogen-bond donors (Lipinski definition) is 3. The molecule has 1 saturated heterocycles. The Kier molecular flexibility index (Phi) is 4.87. The summed E-state index contributed by atoms with van der Waals surface area (Å²) in [5, 5.41) is 28.6. The first-order valence-corrected chi connectivity index (χ1v) is 7.57. The Bertz CT molecular complexity index is 570. The highest BCUT2D eigenvalue weighted by Gasteiger charge is 2.51. The molecule has 0 amide bonds. The summed E-state index contributed by atoms with van der Waals surface area (Å²) in [6, 6.07) is 6.82. The summed E-state index contributed by atoms with van der Waals surface area (Å²) in [7, 11) is -0.580. The zero-order chi connectivity index (χ0) is 17.4. The Balaban J connectivity index is 2.19. The number of benzene rings is 1. The van der Waals surface area contributed by atoms with Crippen molar-refractivity contribution in [1.82, 2.24) is 0 Å². The molecule has 0 aliphatic carbocycles. The molecule has 3 N–H and O–H groups in total. The third kappa shape index (κ3) is 3.75. The minimum Gasteiger partial charge on any atom is -0.481 e. The Morgan fingerprint density at radius 3 is 2.26 bits per heavy atom. The van der Waals surface area contributed by atoms with Crippen LogP contribution >= 0.6 is 0 Å². The molecule has 1 aliphatic rings. The second-order valence-electron chi connectivity index (χ2n) is 6.87. The third-order valence-electron chi connectivity index (χ3n) is 4.53. The van der Waals surface area contributed by atoms with E-state index < -0.39 is 42.9 Å². The number of aliphatic hydroxyl groups is 2. The lowest BCUT2D eigenvalue weighted by Gasteiger charge is -2.32. The molecule has 0 spiro atoms. The van der Waals surface area contributed by atoms with Gasteiger partial charge in [0, 0.05) is 0 Å². The van der Waals surface area contributed by atoms with E-state index >= 15 is 0 Å². The van der Waals surface area contributed by atoms with E-state index in [2.05, 4.69) is 0 Å². The number of carboxylic acid groups (broad SMARTS) is 1. The normalized spacial score (nSPS) is 21.9. The molecule has 23 heavy (non-hydrogen) atoms. The van der Waals surface area contributed by atoms with Crippen molar-refractivity contribution in [2.24, 2.45) is 0 Å². The number of aliphatic carboxylic acids is 1. The predicted molar refractivity (Wildman–Crippen MR) is 85.4 cm³/mol. The van der Waals surface area contributed by atoms with Crippen molar-refractivity contribution in [3.05, 3.63) is 29.8 Å². The quantitative estimate of drug-likeness (QED) is 0.696. The van der Waals surface area contributed by atoms with Crippen molar-refractivity contribution in [2.75, 3.05) is 0 Å². The van der Waals surface area contributed by atoms with Gasteiger partial charge in [0.2, 0.25) is 0 Å². The molecule has 0 aromatic heterocycles. The van der Waals surface area contributed by atoms with Gasteiger partial charge in [-0.2, -0.15) is 0 Å². The van der Waals surface area contributed by atoms with Gasteiger partial charge in [-0.15, -0.1) is 0 Å². The first-order chi connectivity index (χ1) is 10.5. The molecule has 0 radical (unpaired) electrons. The fourth-order valence-corrected chi connectivity index (χ4v) is 2.38. The van der Waals surface area contributed by atoms with Crippen molar-refractivity contribution < 1.29 is 29.4 Å². The Labute approximate surface area is 136 Å². The summed E-state index contributed by atoms with van der Waals surface area (Å²) in [6.45, 7) is 7.79. The van der Waals surface area contributed by atoms with E-state index in [1.165, 1.54) is 0 Å². The van der Waals surface area contributed by atoms with Gasteiger partial charge in [0.15, 0.2) is 0 Å². The first-order valence-electron chi connectivity index (χ1n) is 7.57. The van der Waals surface area contributed by atoms with Crippen LogP contribution in [0.2, 0.25) is 0 Å². The van der Waals surface area contributed by atoms with Crippen molar-refractivity contribution in [3.63, 3.8) is 0 Å². The fraction of sp³-hybridized carbons (Fsp3) is 0.562. The van der Waals surface area contributed by atoms with Crippen molar-refractivity contribution in [3.8, 4) is 0 Å². The van der Waals surface area contributed by atoms with Crippen molar-refractivity contribution >= 4 is 18.6 Å². The molecule has 2 rings (SSSR count). The van der Waals surface area contributed by atoms with Gasteiger partial charge in [-0.05, 0) is 38.7 Å². The fourth-order valence-electron chi connectivity index (χ4n) is 2.38. The van der Waals surface area contributed by atoms with Gasteiger partial charge >= 0.3 is 13.1 Å². The number of carbonyl (C=O) groups is 1. The standard InChI is InChI=1S/C16H23BO6/c1-15(2)16(3,4)23-17(22-15)11-7-5-6-10(8-11)14(21)12(18)9-13(19)20/h5-8,12,14,18,21H,9H2,1-4H3,(H,19,20). The molecule has 1 heterocycles. The van der Waals surface area contributed by atoms with Gasteiger partial charge in [0.05, 0.1) is 23.7 Å². The summed E-state index contributed by atoms with van der Waals surface area (Å²) < 4.78 is 11.9. The molecule has 0 bridgehead atoms. The summed E-state index contributed by atoms with van der Waals surface area (Å²) in [6.07, 6.45) is -3.18. The molecule has 6 nitrogen and oxygen atoms in total. The van der Waals surface area contributed by atoms with Gasteiger partial charge in [-0.25, -0.2) is 0 Å². The van der Waals surface area contributed by atoms with Gasteiger partial charge in [-0.1, -0.05) is 24.3 Å². The smallest absolute Gasteiger partial charge is 0.481 e. The molecule has 1 fully saturated rings. The zero-order valence-electron chi connectivity index (χ0n) is 13.8. The first kappa shape index (κ1) is 17.9. The average Bonchev–Trinajstić information content (AvgIpc) is 2.66. The van der Waals surface area contributed by atoms with E-state index in [0.717, 1.165) is 0 Å². The highest BCUT2D eigenvalue weighted by atomic mass is 16.7. The topological polar surface area (TPSA) is 96.2 Å². The van der Waals surface area contributed by atoms with Gasteiger partial charge in [0.1, 0.15) is 6.10 Å². The van der Waals surface area contributed by atoms with Crippen LogP contribution in [0.3, 0.4) is 0 Å². The Morgan fingerprint density at radius 1 is 1.17 bits per heavy atom. The number of hydrogen-bond acceptors (Lipinski definition) is 5. The van der Waals surface area contributed by atoms with E-state index in [-0.39, 0.29) is 0 Å². The second kappa shape index (κ2) is 6.24. The molecule has 2 unspecified atom stereocenters. The summed E-state index contributed by atoms with van der Waals surface area (Å²) in [4.78, 5) is 10.7. The van der Waals surface area contributed by atoms with Gasteiger partial charge in [0.25, 0.3) is 0 Å². The van der Waals surface area contributed by atoms with E-state index in [1.807, 2.05) is 33.8 Å². The Morgan fingerprint density at radius 2 is 1.74 bits per heavy atom. The lowest BCUT2D eigenvalue weighted by molar-refractivity contribution is -0.141. The molecular weight excluding hydrogens is 299 g/mol. The molecule has 1 aromatic carbocycles.